The Morgan fingerprint density at radius 2 is 2.42 bits per heavy atom. The second-order valence-corrected chi connectivity index (χ2v) is 4.72. The standard InChI is InChI=1S/C13H23N5O/c1-3-15-13(19)12-9-14-7-8-17(12)10-11-5-6-16-18(11)4-2/h5-6,12,14H,3-4,7-10H2,1-2H3,(H,15,19). The van der Waals surface area contributed by atoms with Gasteiger partial charge in [-0.15, -0.1) is 0 Å². The molecule has 0 spiro atoms. The first kappa shape index (κ1) is 14.0. The molecule has 0 bridgehead atoms. The highest BCUT2D eigenvalue weighted by molar-refractivity contribution is 5.82. The van der Waals surface area contributed by atoms with Gasteiger partial charge in [0.15, 0.2) is 0 Å². The lowest BCUT2D eigenvalue weighted by atomic mass is 10.1. The van der Waals surface area contributed by atoms with E-state index in [1.165, 1.54) is 5.69 Å². The topological polar surface area (TPSA) is 62.2 Å². The molecule has 1 amide bonds. The number of carbonyl (C=O) groups excluding carboxylic acids is 1. The van der Waals surface area contributed by atoms with E-state index in [1.54, 1.807) is 0 Å². The van der Waals surface area contributed by atoms with Gasteiger partial charge in [-0.1, -0.05) is 0 Å². The first-order chi connectivity index (χ1) is 9.26. The molecule has 1 aliphatic heterocycles. The Balaban J connectivity index is 2.05. The van der Waals surface area contributed by atoms with Crippen molar-refractivity contribution in [1.82, 2.24) is 25.3 Å². The third-order valence-corrected chi connectivity index (χ3v) is 3.48. The summed E-state index contributed by atoms with van der Waals surface area (Å²) < 4.78 is 1.98. The fourth-order valence-corrected chi connectivity index (χ4v) is 2.47. The van der Waals surface area contributed by atoms with Crippen molar-refractivity contribution in [2.24, 2.45) is 0 Å². The highest BCUT2D eigenvalue weighted by atomic mass is 16.2. The minimum atomic E-state index is -0.0890. The molecule has 106 valence electrons. The van der Waals surface area contributed by atoms with Crippen molar-refractivity contribution in [2.45, 2.75) is 33.0 Å². The molecule has 0 radical (unpaired) electrons. The van der Waals surface area contributed by atoms with E-state index in [1.807, 2.05) is 23.9 Å². The minimum absolute atomic E-state index is 0.0890. The number of rotatable bonds is 5. The summed E-state index contributed by atoms with van der Waals surface area (Å²) in [6, 6.07) is 1.94. The number of hydrogen-bond donors (Lipinski definition) is 2. The van der Waals surface area contributed by atoms with Crippen LogP contribution in [0.25, 0.3) is 0 Å². The zero-order valence-corrected chi connectivity index (χ0v) is 11.7. The molecule has 6 nitrogen and oxygen atoms in total. The number of amides is 1. The number of nitrogens with one attached hydrogen (secondary N) is 2. The van der Waals surface area contributed by atoms with Gasteiger partial charge in [0.05, 0.1) is 5.69 Å². The van der Waals surface area contributed by atoms with E-state index in [9.17, 15) is 4.79 Å². The molecule has 1 fully saturated rings. The first-order valence-corrected chi connectivity index (χ1v) is 6.99. The van der Waals surface area contributed by atoms with Crippen LogP contribution in [0.15, 0.2) is 12.3 Å². The van der Waals surface area contributed by atoms with E-state index in [4.69, 9.17) is 0 Å². The van der Waals surface area contributed by atoms with Crippen LogP contribution in [0.3, 0.4) is 0 Å². The molecule has 0 aromatic carbocycles. The molecular formula is C13H23N5O. The number of aryl methyl sites for hydroxylation is 1. The van der Waals surface area contributed by atoms with Crippen molar-refractivity contribution in [2.75, 3.05) is 26.2 Å². The predicted molar refractivity (Wildman–Crippen MR) is 73.7 cm³/mol. The van der Waals surface area contributed by atoms with Crippen LogP contribution in [0.1, 0.15) is 19.5 Å². The van der Waals surface area contributed by atoms with Gasteiger partial charge in [0.25, 0.3) is 0 Å². The van der Waals surface area contributed by atoms with E-state index in [0.29, 0.717) is 13.1 Å². The third kappa shape index (κ3) is 3.33. The summed E-state index contributed by atoms with van der Waals surface area (Å²) in [5.41, 5.74) is 1.17. The predicted octanol–water partition coefficient (Wildman–Crippen LogP) is -0.187. The lowest BCUT2D eigenvalue weighted by Gasteiger charge is -2.35. The number of likely N-dealkylation sites (N-methyl/N-ethyl adjacent to an activating group) is 1. The zero-order chi connectivity index (χ0) is 13.7. The van der Waals surface area contributed by atoms with Gasteiger partial charge >= 0.3 is 0 Å². The number of hydrogen-bond acceptors (Lipinski definition) is 4. The largest absolute Gasteiger partial charge is 0.355 e. The van der Waals surface area contributed by atoms with Crippen molar-refractivity contribution in [3.63, 3.8) is 0 Å². The molecule has 2 heterocycles. The lowest BCUT2D eigenvalue weighted by molar-refractivity contribution is -0.127. The monoisotopic (exact) mass is 265 g/mol. The second kappa shape index (κ2) is 6.68. The van der Waals surface area contributed by atoms with Crippen LogP contribution < -0.4 is 10.6 Å². The summed E-state index contributed by atoms with van der Waals surface area (Å²) in [5, 5.41) is 10.5. The number of aromatic nitrogens is 2. The van der Waals surface area contributed by atoms with Crippen LogP contribution in [0.4, 0.5) is 0 Å². The second-order valence-electron chi connectivity index (χ2n) is 4.72. The average molecular weight is 265 g/mol. The highest BCUT2D eigenvalue weighted by Crippen LogP contribution is 2.10. The molecule has 0 saturated carbocycles. The fourth-order valence-electron chi connectivity index (χ4n) is 2.47. The van der Waals surface area contributed by atoms with Gasteiger partial charge in [0.1, 0.15) is 6.04 Å². The molecule has 0 aliphatic carbocycles. The van der Waals surface area contributed by atoms with Crippen LogP contribution >= 0.6 is 0 Å². The van der Waals surface area contributed by atoms with Crippen molar-refractivity contribution in [1.29, 1.82) is 0 Å². The van der Waals surface area contributed by atoms with Crippen LogP contribution in [0.5, 0.6) is 0 Å². The van der Waals surface area contributed by atoms with E-state index in [2.05, 4.69) is 27.6 Å². The zero-order valence-electron chi connectivity index (χ0n) is 11.7. The number of piperazine rings is 1. The SMILES string of the molecule is CCNC(=O)C1CNCCN1Cc1ccnn1CC. The van der Waals surface area contributed by atoms with Gasteiger partial charge in [0.2, 0.25) is 5.91 Å². The summed E-state index contributed by atoms with van der Waals surface area (Å²) in [5.74, 6) is 0.109. The highest BCUT2D eigenvalue weighted by Gasteiger charge is 2.28. The molecule has 1 aliphatic rings. The van der Waals surface area contributed by atoms with Gasteiger partial charge in [-0.05, 0) is 19.9 Å². The van der Waals surface area contributed by atoms with Crippen molar-refractivity contribution >= 4 is 5.91 Å². The molecule has 2 N–H and O–H groups in total. The Morgan fingerprint density at radius 3 is 3.16 bits per heavy atom. The van der Waals surface area contributed by atoms with E-state index < -0.39 is 0 Å². The van der Waals surface area contributed by atoms with Gasteiger partial charge in [-0.2, -0.15) is 5.10 Å². The number of carbonyl (C=O) groups is 1. The van der Waals surface area contributed by atoms with Crippen molar-refractivity contribution in [3.8, 4) is 0 Å². The maximum absolute atomic E-state index is 12.1. The molecule has 19 heavy (non-hydrogen) atoms. The summed E-state index contributed by atoms with van der Waals surface area (Å²) in [7, 11) is 0. The molecular weight excluding hydrogens is 242 g/mol. The Morgan fingerprint density at radius 1 is 1.58 bits per heavy atom. The van der Waals surface area contributed by atoms with E-state index in [0.717, 1.165) is 26.2 Å². The van der Waals surface area contributed by atoms with Crippen molar-refractivity contribution < 1.29 is 4.79 Å². The van der Waals surface area contributed by atoms with E-state index >= 15 is 0 Å². The molecule has 1 aromatic heterocycles. The Hall–Kier alpha value is -1.40. The molecule has 1 saturated heterocycles. The van der Waals surface area contributed by atoms with Crippen LogP contribution in [-0.2, 0) is 17.9 Å². The summed E-state index contributed by atoms with van der Waals surface area (Å²) in [6.07, 6.45) is 1.82. The molecule has 1 unspecified atom stereocenters. The summed E-state index contributed by atoms with van der Waals surface area (Å²) in [4.78, 5) is 14.3. The molecule has 1 aromatic rings. The van der Waals surface area contributed by atoms with Gasteiger partial charge in [-0.3, -0.25) is 14.4 Å². The normalized spacial score (nSPS) is 20.4. The first-order valence-electron chi connectivity index (χ1n) is 6.99. The fraction of sp³-hybridized carbons (Fsp3) is 0.692. The minimum Gasteiger partial charge on any atom is -0.355 e. The molecule has 6 heteroatoms. The number of nitrogens with zero attached hydrogens (tertiary/aromatic N) is 3. The van der Waals surface area contributed by atoms with Gasteiger partial charge in [-0.25, -0.2) is 0 Å². The Bertz CT molecular complexity index is 417. The van der Waals surface area contributed by atoms with Crippen LogP contribution in [0.2, 0.25) is 0 Å². The van der Waals surface area contributed by atoms with Gasteiger partial charge in [0, 0.05) is 45.5 Å². The maximum atomic E-state index is 12.1. The van der Waals surface area contributed by atoms with E-state index in [-0.39, 0.29) is 11.9 Å². The molecule has 1 atom stereocenters. The summed E-state index contributed by atoms with van der Waals surface area (Å²) in [6.45, 7) is 8.87. The average Bonchev–Trinajstić information content (AvgIpc) is 2.87. The quantitative estimate of drug-likeness (QED) is 0.775. The lowest BCUT2D eigenvalue weighted by Crippen LogP contribution is -2.57. The van der Waals surface area contributed by atoms with Gasteiger partial charge < -0.3 is 10.6 Å². The smallest absolute Gasteiger partial charge is 0.238 e. The molecule has 2 rings (SSSR count). The third-order valence-electron chi connectivity index (χ3n) is 3.48. The maximum Gasteiger partial charge on any atom is 0.238 e. The van der Waals surface area contributed by atoms with Crippen LogP contribution in [0, 0.1) is 0 Å². The Kier molecular flexibility index (Phi) is 4.93. The summed E-state index contributed by atoms with van der Waals surface area (Å²) >= 11 is 0. The van der Waals surface area contributed by atoms with Crippen LogP contribution in [-0.4, -0.2) is 52.8 Å². The van der Waals surface area contributed by atoms with Crippen molar-refractivity contribution in [3.05, 3.63) is 18.0 Å². The Labute approximate surface area is 114 Å².